The van der Waals surface area contributed by atoms with Crippen molar-refractivity contribution in [3.8, 4) is 5.75 Å². The van der Waals surface area contributed by atoms with Gasteiger partial charge in [0.1, 0.15) is 11.7 Å². The molecule has 1 aliphatic heterocycles. The van der Waals surface area contributed by atoms with E-state index in [4.69, 9.17) is 9.15 Å². The minimum Gasteiger partial charge on any atom is -0.425 e. The SMILES string of the molecule is Cc1nnc(C2CC(c3ccc(NC(=O)Oc4ccc([N+](=O)[O-])cc4)cc3)=NNC2=O)o1. The van der Waals surface area contributed by atoms with E-state index >= 15 is 0 Å². The lowest BCUT2D eigenvalue weighted by Crippen LogP contribution is -2.33. The summed E-state index contributed by atoms with van der Waals surface area (Å²) in [4.78, 5) is 34.3. The molecule has 2 amide bonds. The summed E-state index contributed by atoms with van der Waals surface area (Å²) in [5.41, 5.74) is 4.17. The van der Waals surface area contributed by atoms with Crippen LogP contribution in [0.2, 0.25) is 0 Å². The van der Waals surface area contributed by atoms with Gasteiger partial charge in [0.15, 0.2) is 0 Å². The van der Waals surface area contributed by atoms with Gasteiger partial charge in [0.25, 0.3) is 11.6 Å². The fourth-order valence-corrected chi connectivity index (χ4v) is 3.00. The van der Waals surface area contributed by atoms with Crippen molar-refractivity contribution in [3.05, 3.63) is 76.0 Å². The van der Waals surface area contributed by atoms with Gasteiger partial charge in [-0.3, -0.25) is 20.2 Å². The normalized spacial score (nSPS) is 15.5. The minimum atomic E-state index is -0.749. The number of amides is 2. The number of benzene rings is 2. The summed E-state index contributed by atoms with van der Waals surface area (Å²) in [6.07, 6.45) is -0.469. The van der Waals surface area contributed by atoms with Crippen LogP contribution < -0.4 is 15.5 Å². The monoisotopic (exact) mass is 436 g/mol. The molecule has 2 N–H and O–H groups in total. The molecule has 1 aromatic heterocycles. The third-order valence-corrected chi connectivity index (χ3v) is 4.58. The first-order valence-corrected chi connectivity index (χ1v) is 9.39. The van der Waals surface area contributed by atoms with Gasteiger partial charge in [-0.1, -0.05) is 12.1 Å². The Bertz CT molecular complexity index is 1200. The van der Waals surface area contributed by atoms with Crippen LogP contribution in [-0.4, -0.2) is 32.8 Å². The number of nitro benzene ring substituents is 1. The summed E-state index contributed by atoms with van der Waals surface area (Å²) in [5, 5.41) is 25.0. The lowest BCUT2D eigenvalue weighted by Gasteiger charge is -2.19. The first-order valence-electron chi connectivity index (χ1n) is 9.39. The number of rotatable bonds is 5. The van der Waals surface area contributed by atoms with Crippen molar-refractivity contribution in [1.29, 1.82) is 0 Å². The molecular weight excluding hydrogens is 420 g/mol. The Labute approximate surface area is 180 Å². The third-order valence-electron chi connectivity index (χ3n) is 4.58. The molecule has 2 heterocycles. The molecule has 0 saturated carbocycles. The molecule has 0 fully saturated rings. The van der Waals surface area contributed by atoms with Gasteiger partial charge >= 0.3 is 6.09 Å². The molecule has 1 aliphatic rings. The van der Waals surface area contributed by atoms with E-state index in [-0.39, 0.29) is 29.7 Å². The summed E-state index contributed by atoms with van der Waals surface area (Å²) >= 11 is 0. The number of nitro groups is 1. The molecular formula is C20H16N6O6. The predicted octanol–water partition coefficient (Wildman–Crippen LogP) is 2.90. The van der Waals surface area contributed by atoms with Gasteiger partial charge in [-0.05, 0) is 29.8 Å². The van der Waals surface area contributed by atoms with Crippen molar-refractivity contribution < 1.29 is 23.7 Å². The fraction of sp³-hybridized carbons (Fsp3) is 0.150. The molecule has 2 aromatic carbocycles. The Morgan fingerprint density at radius 1 is 1.19 bits per heavy atom. The van der Waals surface area contributed by atoms with Gasteiger partial charge in [-0.25, -0.2) is 10.2 Å². The number of ether oxygens (including phenoxy) is 1. The van der Waals surface area contributed by atoms with E-state index in [1.807, 2.05) is 0 Å². The predicted molar refractivity (Wildman–Crippen MR) is 110 cm³/mol. The number of carbonyl (C=O) groups excluding carboxylic acids is 2. The van der Waals surface area contributed by atoms with Gasteiger partial charge < -0.3 is 9.15 Å². The smallest absolute Gasteiger partial charge is 0.417 e. The number of nitrogens with zero attached hydrogens (tertiary/aromatic N) is 4. The number of nitrogens with one attached hydrogen (secondary N) is 2. The Balaban J connectivity index is 1.39. The van der Waals surface area contributed by atoms with E-state index in [9.17, 15) is 19.7 Å². The van der Waals surface area contributed by atoms with E-state index in [1.54, 1.807) is 31.2 Å². The maximum Gasteiger partial charge on any atom is 0.417 e. The number of aryl methyl sites for hydroxylation is 1. The van der Waals surface area contributed by atoms with Gasteiger partial charge in [-0.2, -0.15) is 5.10 Å². The van der Waals surface area contributed by atoms with Crippen LogP contribution in [0.4, 0.5) is 16.2 Å². The van der Waals surface area contributed by atoms with E-state index in [0.717, 1.165) is 5.56 Å². The van der Waals surface area contributed by atoms with Crippen LogP contribution in [0, 0.1) is 17.0 Å². The zero-order chi connectivity index (χ0) is 22.7. The van der Waals surface area contributed by atoms with Crippen molar-refractivity contribution in [2.24, 2.45) is 5.10 Å². The maximum absolute atomic E-state index is 12.1. The van der Waals surface area contributed by atoms with Crippen molar-refractivity contribution in [3.63, 3.8) is 0 Å². The van der Waals surface area contributed by atoms with E-state index < -0.39 is 16.9 Å². The molecule has 1 atom stereocenters. The van der Waals surface area contributed by atoms with Crippen LogP contribution in [0.25, 0.3) is 0 Å². The lowest BCUT2D eigenvalue weighted by molar-refractivity contribution is -0.384. The van der Waals surface area contributed by atoms with Crippen LogP contribution in [0.3, 0.4) is 0 Å². The van der Waals surface area contributed by atoms with E-state index in [2.05, 4.69) is 26.0 Å². The number of non-ortho nitro benzene ring substituents is 1. The topological polar surface area (TPSA) is 162 Å². The third kappa shape index (κ3) is 4.59. The largest absolute Gasteiger partial charge is 0.425 e. The average Bonchev–Trinajstić information content (AvgIpc) is 3.21. The summed E-state index contributed by atoms with van der Waals surface area (Å²) in [6, 6.07) is 11.9. The van der Waals surface area contributed by atoms with Crippen LogP contribution in [0.1, 0.15) is 29.7 Å². The molecule has 0 saturated heterocycles. The van der Waals surface area contributed by atoms with Crippen molar-refractivity contribution in [2.45, 2.75) is 19.3 Å². The van der Waals surface area contributed by atoms with Gasteiger partial charge in [0.05, 0.1) is 10.6 Å². The Hall–Kier alpha value is -4.61. The standard InChI is InChI=1S/C20H16N6O6/c1-11-22-25-19(31-11)16-10-17(23-24-18(16)27)12-2-4-13(5-3-12)21-20(28)32-15-8-6-14(7-9-15)26(29)30/h2-9,16H,10H2,1H3,(H,21,28)(H,24,27). The second-order valence-corrected chi connectivity index (χ2v) is 6.79. The van der Waals surface area contributed by atoms with Crippen LogP contribution >= 0.6 is 0 Å². The molecule has 12 nitrogen and oxygen atoms in total. The quantitative estimate of drug-likeness (QED) is 0.456. The number of hydrazone groups is 1. The second kappa shape index (κ2) is 8.63. The van der Waals surface area contributed by atoms with Crippen LogP contribution in [0.15, 0.2) is 58.0 Å². The molecule has 0 bridgehead atoms. The summed E-state index contributed by atoms with van der Waals surface area (Å²) in [7, 11) is 0. The Morgan fingerprint density at radius 3 is 2.53 bits per heavy atom. The van der Waals surface area contributed by atoms with Crippen molar-refractivity contribution >= 4 is 29.1 Å². The fourth-order valence-electron chi connectivity index (χ4n) is 3.00. The number of hydrogen-bond donors (Lipinski definition) is 2. The summed E-state index contributed by atoms with van der Waals surface area (Å²) < 4.78 is 10.5. The molecule has 0 aliphatic carbocycles. The van der Waals surface area contributed by atoms with Crippen molar-refractivity contribution in [1.82, 2.24) is 15.6 Å². The second-order valence-electron chi connectivity index (χ2n) is 6.79. The highest BCUT2D eigenvalue weighted by Crippen LogP contribution is 2.25. The molecule has 0 spiro atoms. The van der Waals surface area contributed by atoms with Crippen molar-refractivity contribution in [2.75, 3.05) is 5.32 Å². The Kier molecular flexibility index (Phi) is 5.57. The lowest BCUT2D eigenvalue weighted by atomic mass is 9.95. The highest BCUT2D eigenvalue weighted by atomic mass is 16.6. The maximum atomic E-state index is 12.1. The molecule has 0 radical (unpaired) electrons. The average molecular weight is 436 g/mol. The molecule has 12 heteroatoms. The Morgan fingerprint density at radius 2 is 1.91 bits per heavy atom. The number of hydrogen-bond acceptors (Lipinski definition) is 9. The van der Waals surface area contributed by atoms with E-state index in [1.165, 1.54) is 24.3 Å². The molecule has 1 unspecified atom stereocenters. The van der Waals surface area contributed by atoms with Crippen LogP contribution in [-0.2, 0) is 4.79 Å². The van der Waals surface area contributed by atoms with E-state index in [0.29, 0.717) is 17.3 Å². The zero-order valence-corrected chi connectivity index (χ0v) is 16.6. The molecule has 32 heavy (non-hydrogen) atoms. The molecule has 4 rings (SSSR count). The first-order chi connectivity index (χ1) is 15.4. The highest BCUT2D eigenvalue weighted by Gasteiger charge is 2.31. The highest BCUT2D eigenvalue weighted by molar-refractivity contribution is 6.06. The summed E-state index contributed by atoms with van der Waals surface area (Å²) in [6.45, 7) is 1.64. The minimum absolute atomic E-state index is 0.105. The van der Waals surface area contributed by atoms with Gasteiger partial charge in [0.2, 0.25) is 11.8 Å². The van der Waals surface area contributed by atoms with Gasteiger partial charge in [0, 0.05) is 31.2 Å². The molecule has 162 valence electrons. The first kappa shape index (κ1) is 20.7. The number of carbonyl (C=O) groups is 2. The summed E-state index contributed by atoms with van der Waals surface area (Å²) in [5.74, 6) is -0.213. The number of aromatic nitrogens is 2. The molecule has 3 aromatic rings. The zero-order valence-electron chi connectivity index (χ0n) is 16.6. The van der Waals surface area contributed by atoms with Gasteiger partial charge in [-0.15, -0.1) is 10.2 Å². The number of anilines is 1. The van der Waals surface area contributed by atoms with Crippen LogP contribution in [0.5, 0.6) is 5.75 Å².